The molecule has 5 heteroatoms. The van der Waals surface area contributed by atoms with E-state index in [1.54, 1.807) is 6.07 Å². The summed E-state index contributed by atoms with van der Waals surface area (Å²) in [4.78, 5) is 23.5. The summed E-state index contributed by atoms with van der Waals surface area (Å²) >= 11 is 0. The summed E-state index contributed by atoms with van der Waals surface area (Å²) in [7, 11) is 0. The van der Waals surface area contributed by atoms with E-state index in [0.29, 0.717) is 5.56 Å². The van der Waals surface area contributed by atoms with Gasteiger partial charge in [0.25, 0.3) is 5.91 Å². The number of amides is 2. The first-order valence-electron chi connectivity index (χ1n) is 7.00. The zero-order valence-corrected chi connectivity index (χ0v) is 12.0. The predicted octanol–water partition coefficient (Wildman–Crippen LogP) is 1.30. The molecule has 108 valence electrons. The van der Waals surface area contributed by atoms with Crippen molar-refractivity contribution in [3.8, 4) is 0 Å². The van der Waals surface area contributed by atoms with Crippen LogP contribution in [0.2, 0.25) is 0 Å². The van der Waals surface area contributed by atoms with Crippen LogP contribution in [0.1, 0.15) is 36.2 Å². The maximum Gasteiger partial charge on any atom is 0.251 e. The van der Waals surface area contributed by atoms with Gasteiger partial charge in [0.1, 0.15) is 0 Å². The van der Waals surface area contributed by atoms with Crippen LogP contribution in [0.4, 0.5) is 5.69 Å². The van der Waals surface area contributed by atoms with Crippen LogP contribution >= 0.6 is 0 Å². The fraction of sp³-hybridized carbons (Fsp3) is 0.467. The van der Waals surface area contributed by atoms with Crippen molar-refractivity contribution >= 4 is 17.5 Å². The molecule has 1 aliphatic rings. The lowest BCUT2D eigenvalue weighted by Gasteiger charge is -2.18. The van der Waals surface area contributed by atoms with E-state index in [4.69, 9.17) is 0 Å². The minimum Gasteiger partial charge on any atom is -0.385 e. The number of carbonyl (C=O) groups excluding carboxylic acids is 2. The van der Waals surface area contributed by atoms with Gasteiger partial charge in [-0.15, -0.1) is 0 Å². The van der Waals surface area contributed by atoms with Gasteiger partial charge in [-0.2, -0.15) is 0 Å². The van der Waals surface area contributed by atoms with E-state index in [1.165, 1.54) is 0 Å². The van der Waals surface area contributed by atoms with Gasteiger partial charge in [-0.05, 0) is 50.5 Å². The van der Waals surface area contributed by atoms with Gasteiger partial charge in [-0.1, -0.05) is 0 Å². The standard InChI is InChI=1S/C15H21N3O2/c1-10(2)18-14(19)9-17-15(20)12-5-6-13-11(8-12)4-3-7-16-13/h5-6,8,10,16H,3-4,7,9H2,1-2H3,(H,17,20)(H,18,19). The van der Waals surface area contributed by atoms with Gasteiger partial charge in [-0.3, -0.25) is 9.59 Å². The number of rotatable bonds is 4. The smallest absolute Gasteiger partial charge is 0.251 e. The van der Waals surface area contributed by atoms with E-state index in [-0.39, 0.29) is 24.4 Å². The second kappa shape index (κ2) is 6.41. The maximum absolute atomic E-state index is 12.0. The summed E-state index contributed by atoms with van der Waals surface area (Å²) in [5, 5.41) is 8.68. The van der Waals surface area contributed by atoms with Crippen LogP contribution in [0.25, 0.3) is 0 Å². The number of carbonyl (C=O) groups is 2. The van der Waals surface area contributed by atoms with Crippen molar-refractivity contribution in [2.24, 2.45) is 0 Å². The largest absolute Gasteiger partial charge is 0.385 e. The number of hydrogen-bond donors (Lipinski definition) is 3. The number of anilines is 1. The van der Waals surface area contributed by atoms with Crippen LogP contribution in [0.5, 0.6) is 0 Å². The van der Waals surface area contributed by atoms with E-state index >= 15 is 0 Å². The minimum atomic E-state index is -0.211. The predicted molar refractivity (Wildman–Crippen MR) is 78.9 cm³/mol. The summed E-state index contributed by atoms with van der Waals surface area (Å²) in [6, 6.07) is 5.69. The highest BCUT2D eigenvalue weighted by atomic mass is 16.2. The summed E-state index contributed by atoms with van der Waals surface area (Å²) < 4.78 is 0. The Bertz CT molecular complexity index is 512. The molecule has 2 rings (SSSR count). The van der Waals surface area contributed by atoms with Crippen molar-refractivity contribution in [2.45, 2.75) is 32.7 Å². The Hall–Kier alpha value is -2.04. The van der Waals surface area contributed by atoms with Gasteiger partial charge in [-0.25, -0.2) is 0 Å². The Labute approximate surface area is 119 Å². The fourth-order valence-electron chi connectivity index (χ4n) is 2.25. The number of hydrogen-bond acceptors (Lipinski definition) is 3. The van der Waals surface area contributed by atoms with Gasteiger partial charge in [0, 0.05) is 23.8 Å². The third kappa shape index (κ3) is 3.73. The van der Waals surface area contributed by atoms with Crippen molar-refractivity contribution < 1.29 is 9.59 Å². The molecule has 20 heavy (non-hydrogen) atoms. The van der Waals surface area contributed by atoms with Crippen molar-refractivity contribution in [3.05, 3.63) is 29.3 Å². The van der Waals surface area contributed by atoms with Crippen LogP contribution in [0.3, 0.4) is 0 Å². The van der Waals surface area contributed by atoms with Crippen LogP contribution in [0, 0.1) is 0 Å². The average molecular weight is 275 g/mol. The Balaban J connectivity index is 1.94. The molecule has 5 nitrogen and oxygen atoms in total. The molecule has 0 atom stereocenters. The van der Waals surface area contributed by atoms with Gasteiger partial charge < -0.3 is 16.0 Å². The van der Waals surface area contributed by atoms with E-state index in [2.05, 4.69) is 16.0 Å². The van der Waals surface area contributed by atoms with Gasteiger partial charge in [0.2, 0.25) is 5.91 Å². The highest BCUT2D eigenvalue weighted by Gasteiger charge is 2.13. The van der Waals surface area contributed by atoms with Crippen LogP contribution < -0.4 is 16.0 Å². The van der Waals surface area contributed by atoms with E-state index < -0.39 is 0 Å². The number of nitrogens with one attached hydrogen (secondary N) is 3. The zero-order chi connectivity index (χ0) is 14.5. The monoisotopic (exact) mass is 275 g/mol. The van der Waals surface area contributed by atoms with Crippen molar-refractivity contribution in [1.29, 1.82) is 0 Å². The third-order valence-electron chi connectivity index (χ3n) is 3.16. The van der Waals surface area contributed by atoms with Gasteiger partial charge >= 0.3 is 0 Å². The molecule has 1 aromatic rings. The number of benzene rings is 1. The molecule has 2 amide bonds. The SMILES string of the molecule is CC(C)NC(=O)CNC(=O)c1ccc2c(c1)CCCN2. The minimum absolute atomic E-state index is 0.00630. The normalized spacial score (nSPS) is 13.3. The zero-order valence-electron chi connectivity index (χ0n) is 12.0. The molecule has 1 heterocycles. The van der Waals surface area contributed by atoms with Crippen molar-refractivity contribution in [1.82, 2.24) is 10.6 Å². The first-order chi connectivity index (χ1) is 9.56. The summed E-state index contributed by atoms with van der Waals surface area (Å²) in [5.74, 6) is -0.384. The lowest BCUT2D eigenvalue weighted by Crippen LogP contribution is -2.39. The van der Waals surface area contributed by atoms with Crippen LogP contribution in [-0.4, -0.2) is 30.9 Å². The Morgan fingerprint density at radius 2 is 2.15 bits per heavy atom. The van der Waals surface area contributed by atoms with Crippen LogP contribution in [-0.2, 0) is 11.2 Å². The molecule has 0 unspecified atom stereocenters. The molecule has 1 aliphatic heterocycles. The van der Waals surface area contributed by atoms with Gasteiger partial charge in [0.05, 0.1) is 6.54 Å². The first-order valence-corrected chi connectivity index (χ1v) is 7.00. The maximum atomic E-state index is 12.0. The Morgan fingerprint density at radius 1 is 1.35 bits per heavy atom. The van der Waals surface area contributed by atoms with Gasteiger partial charge in [0.15, 0.2) is 0 Å². The summed E-state index contributed by atoms with van der Waals surface area (Å²) in [6.07, 6.45) is 2.06. The molecule has 3 N–H and O–H groups in total. The molecule has 0 spiro atoms. The molecular formula is C15H21N3O2. The molecule has 0 radical (unpaired) electrons. The summed E-state index contributed by atoms with van der Waals surface area (Å²) in [6.45, 7) is 4.76. The number of aryl methyl sites for hydroxylation is 1. The lowest BCUT2D eigenvalue weighted by atomic mass is 10.0. The summed E-state index contributed by atoms with van der Waals surface area (Å²) in [5.41, 5.74) is 2.87. The Kier molecular flexibility index (Phi) is 4.61. The molecular weight excluding hydrogens is 254 g/mol. The topological polar surface area (TPSA) is 70.2 Å². The molecule has 1 aromatic carbocycles. The van der Waals surface area contributed by atoms with Crippen LogP contribution in [0.15, 0.2) is 18.2 Å². The first kappa shape index (κ1) is 14.4. The molecule has 0 bridgehead atoms. The quantitative estimate of drug-likeness (QED) is 0.775. The van der Waals surface area contributed by atoms with Crippen molar-refractivity contribution in [3.63, 3.8) is 0 Å². The lowest BCUT2D eigenvalue weighted by molar-refractivity contribution is -0.120. The van der Waals surface area contributed by atoms with E-state index in [1.807, 2.05) is 26.0 Å². The van der Waals surface area contributed by atoms with Crippen molar-refractivity contribution in [2.75, 3.05) is 18.4 Å². The van der Waals surface area contributed by atoms with E-state index in [0.717, 1.165) is 30.6 Å². The molecule has 0 saturated carbocycles. The van der Waals surface area contributed by atoms with E-state index in [9.17, 15) is 9.59 Å². The average Bonchev–Trinajstić information content (AvgIpc) is 2.43. The molecule has 0 aliphatic carbocycles. The highest BCUT2D eigenvalue weighted by molar-refractivity contribution is 5.97. The fourth-order valence-corrected chi connectivity index (χ4v) is 2.25. The third-order valence-corrected chi connectivity index (χ3v) is 3.16. The molecule has 0 saturated heterocycles. The highest BCUT2D eigenvalue weighted by Crippen LogP contribution is 2.22. The Morgan fingerprint density at radius 3 is 2.90 bits per heavy atom. The molecule has 0 fully saturated rings. The molecule has 0 aromatic heterocycles. The second-order valence-electron chi connectivity index (χ2n) is 5.31. The second-order valence-corrected chi connectivity index (χ2v) is 5.31. The number of fused-ring (bicyclic) bond motifs is 1.